The van der Waals surface area contributed by atoms with E-state index in [1.165, 1.54) is 30.0 Å². The lowest BCUT2D eigenvalue weighted by molar-refractivity contribution is -0.384. The van der Waals surface area contributed by atoms with Gasteiger partial charge in [-0.15, -0.1) is 10.2 Å². The maximum atomic E-state index is 12.3. The maximum Gasteiger partial charge on any atom is 0.271 e. The van der Waals surface area contributed by atoms with Gasteiger partial charge in [-0.2, -0.15) is 0 Å². The first-order valence-electron chi connectivity index (χ1n) is 9.46. The van der Waals surface area contributed by atoms with Crippen LogP contribution in [0.25, 0.3) is 0 Å². The number of nitrogens with zero attached hydrogens (tertiary/aromatic N) is 4. The predicted molar refractivity (Wildman–Crippen MR) is 124 cm³/mol. The monoisotopic (exact) mass is 495 g/mol. The number of carbonyl (C=O) groups is 1. The molecule has 1 aromatic heterocycles. The third-order valence-corrected chi connectivity index (χ3v) is 5.90. The number of aryl methyl sites for hydroxylation is 1. The molecule has 3 rings (SSSR count). The van der Waals surface area contributed by atoms with Gasteiger partial charge in [0.05, 0.1) is 21.4 Å². The van der Waals surface area contributed by atoms with E-state index >= 15 is 0 Å². The third kappa shape index (κ3) is 5.90. The van der Waals surface area contributed by atoms with Crippen molar-refractivity contribution in [2.24, 2.45) is 0 Å². The Bertz CT molecular complexity index is 1160. The molecule has 0 spiro atoms. The number of hydrogen-bond acceptors (Lipinski definition) is 7. The minimum Gasteiger partial charge on any atom is -0.485 e. The molecule has 1 amide bonds. The highest BCUT2D eigenvalue weighted by molar-refractivity contribution is 7.99. The van der Waals surface area contributed by atoms with E-state index in [0.29, 0.717) is 28.3 Å². The van der Waals surface area contributed by atoms with E-state index in [1.54, 1.807) is 12.1 Å². The number of ether oxygens (including phenoxy) is 1. The lowest BCUT2D eigenvalue weighted by Crippen LogP contribution is -2.15. The van der Waals surface area contributed by atoms with E-state index in [1.807, 2.05) is 24.5 Å². The minimum absolute atomic E-state index is 0.0221. The molecule has 0 saturated carbocycles. The fraction of sp³-hybridized carbons (Fsp3) is 0.250. The standard InChI is InChI=1S/C20H19Cl2N5O4S/c1-3-26-18(10-31-17-7-4-13(21)8-12(17)2)24-25-20(26)32-11-19(28)23-16-9-14(27(29)30)5-6-15(16)22/h4-9H,3,10-11H2,1-2H3,(H,23,28). The molecular weight excluding hydrogens is 477 g/mol. The Morgan fingerprint density at radius 1 is 1.25 bits per heavy atom. The number of hydrogen-bond donors (Lipinski definition) is 1. The summed E-state index contributed by atoms with van der Waals surface area (Å²) in [6, 6.07) is 9.21. The second kappa shape index (κ2) is 10.7. The summed E-state index contributed by atoms with van der Waals surface area (Å²) >= 11 is 13.2. The second-order valence-corrected chi connectivity index (χ2v) is 8.39. The highest BCUT2D eigenvalue weighted by Gasteiger charge is 2.16. The van der Waals surface area contributed by atoms with Crippen LogP contribution < -0.4 is 10.1 Å². The maximum absolute atomic E-state index is 12.3. The lowest BCUT2D eigenvalue weighted by Gasteiger charge is -2.11. The minimum atomic E-state index is -0.556. The van der Waals surface area contributed by atoms with Gasteiger partial charge in [0.2, 0.25) is 5.91 Å². The number of thioether (sulfide) groups is 1. The molecule has 2 aromatic carbocycles. The molecule has 0 aliphatic heterocycles. The van der Waals surface area contributed by atoms with E-state index < -0.39 is 4.92 Å². The molecule has 9 nitrogen and oxygen atoms in total. The highest BCUT2D eigenvalue weighted by Crippen LogP contribution is 2.27. The molecule has 32 heavy (non-hydrogen) atoms. The largest absolute Gasteiger partial charge is 0.485 e. The van der Waals surface area contributed by atoms with Gasteiger partial charge in [-0.3, -0.25) is 14.9 Å². The first-order valence-corrected chi connectivity index (χ1v) is 11.2. The summed E-state index contributed by atoms with van der Waals surface area (Å²) in [6.45, 7) is 4.64. The van der Waals surface area contributed by atoms with E-state index in [0.717, 1.165) is 5.56 Å². The Morgan fingerprint density at radius 3 is 2.72 bits per heavy atom. The molecule has 0 fully saturated rings. The van der Waals surface area contributed by atoms with Gasteiger partial charge in [-0.05, 0) is 43.7 Å². The van der Waals surface area contributed by atoms with Crippen LogP contribution in [0.4, 0.5) is 11.4 Å². The Labute approximate surface area is 198 Å². The van der Waals surface area contributed by atoms with Crippen molar-refractivity contribution in [1.82, 2.24) is 14.8 Å². The van der Waals surface area contributed by atoms with E-state index in [2.05, 4.69) is 15.5 Å². The van der Waals surface area contributed by atoms with Gasteiger partial charge in [0.15, 0.2) is 11.0 Å². The van der Waals surface area contributed by atoms with E-state index in [-0.39, 0.29) is 34.7 Å². The molecule has 1 N–H and O–H groups in total. The third-order valence-electron chi connectivity index (χ3n) is 4.37. The molecule has 0 saturated heterocycles. The van der Waals surface area contributed by atoms with Crippen LogP contribution in [0, 0.1) is 17.0 Å². The number of non-ortho nitro benzene ring substituents is 1. The molecule has 0 bridgehead atoms. The molecule has 0 aliphatic carbocycles. The summed E-state index contributed by atoms with van der Waals surface area (Å²) < 4.78 is 7.69. The summed E-state index contributed by atoms with van der Waals surface area (Å²) in [6.07, 6.45) is 0. The first-order chi connectivity index (χ1) is 15.3. The number of nitro benzene ring substituents is 1. The van der Waals surface area contributed by atoms with Crippen molar-refractivity contribution in [3.8, 4) is 5.75 Å². The number of carbonyl (C=O) groups excluding carboxylic acids is 1. The van der Waals surface area contributed by atoms with Crippen molar-refractivity contribution in [3.63, 3.8) is 0 Å². The lowest BCUT2D eigenvalue weighted by atomic mass is 10.2. The number of aromatic nitrogens is 3. The molecule has 0 atom stereocenters. The van der Waals surface area contributed by atoms with Crippen LogP contribution in [0.3, 0.4) is 0 Å². The molecule has 3 aromatic rings. The number of halogens is 2. The fourth-order valence-corrected chi connectivity index (χ4v) is 4.02. The average molecular weight is 496 g/mol. The number of amides is 1. The number of benzene rings is 2. The molecule has 1 heterocycles. The molecule has 0 aliphatic rings. The van der Waals surface area contributed by atoms with Gasteiger partial charge in [-0.25, -0.2) is 0 Å². The second-order valence-electron chi connectivity index (χ2n) is 6.60. The van der Waals surface area contributed by atoms with Crippen LogP contribution in [0.15, 0.2) is 41.6 Å². The SMILES string of the molecule is CCn1c(COc2ccc(Cl)cc2C)nnc1SCC(=O)Nc1cc([N+](=O)[O-])ccc1Cl. The van der Waals surface area contributed by atoms with Crippen LogP contribution in [-0.4, -0.2) is 31.3 Å². The van der Waals surface area contributed by atoms with E-state index in [4.69, 9.17) is 27.9 Å². The van der Waals surface area contributed by atoms with Gasteiger partial charge in [-0.1, -0.05) is 35.0 Å². The first kappa shape index (κ1) is 23.8. The molecule has 0 radical (unpaired) electrons. The molecular formula is C20H19Cl2N5O4S. The topological polar surface area (TPSA) is 112 Å². The summed E-state index contributed by atoms with van der Waals surface area (Å²) in [5, 5.41) is 23.2. The predicted octanol–water partition coefficient (Wildman–Crippen LogP) is 5.13. The summed E-state index contributed by atoms with van der Waals surface area (Å²) in [5.41, 5.74) is 0.922. The van der Waals surface area contributed by atoms with Crippen LogP contribution in [0.2, 0.25) is 10.0 Å². The van der Waals surface area contributed by atoms with Gasteiger partial charge >= 0.3 is 0 Å². The van der Waals surface area contributed by atoms with Crippen LogP contribution in [0.5, 0.6) is 5.75 Å². The van der Waals surface area contributed by atoms with Gasteiger partial charge in [0.1, 0.15) is 12.4 Å². The smallest absolute Gasteiger partial charge is 0.271 e. The molecule has 0 unspecified atom stereocenters. The van der Waals surface area contributed by atoms with Crippen LogP contribution in [0.1, 0.15) is 18.3 Å². The Hall–Kier alpha value is -2.82. The summed E-state index contributed by atoms with van der Waals surface area (Å²) in [7, 11) is 0. The number of nitrogens with one attached hydrogen (secondary N) is 1. The Morgan fingerprint density at radius 2 is 2.03 bits per heavy atom. The summed E-state index contributed by atoms with van der Waals surface area (Å²) in [4.78, 5) is 22.7. The zero-order valence-electron chi connectivity index (χ0n) is 17.2. The Kier molecular flexibility index (Phi) is 7.94. The van der Waals surface area contributed by atoms with Crippen LogP contribution in [-0.2, 0) is 17.9 Å². The number of anilines is 1. The zero-order valence-corrected chi connectivity index (χ0v) is 19.5. The molecule has 12 heteroatoms. The molecule has 168 valence electrons. The van der Waals surface area contributed by atoms with Crippen molar-refractivity contribution in [3.05, 3.63) is 67.9 Å². The van der Waals surface area contributed by atoms with Gasteiger partial charge in [0.25, 0.3) is 5.69 Å². The number of nitro groups is 1. The van der Waals surface area contributed by atoms with Crippen LogP contribution >= 0.6 is 35.0 Å². The van der Waals surface area contributed by atoms with Crippen molar-refractivity contribution in [2.45, 2.75) is 32.2 Å². The van der Waals surface area contributed by atoms with Crippen molar-refractivity contribution in [1.29, 1.82) is 0 Å². The quantitative estimate of drug-likeness (QED) is 0.248. The zero-order chi connectivity index (χ0) is 23.3. The van der Waals surface area contributed by atoms with Gasteiger partial charge in [0, 0.05) is 23.7 Å². The van der Waals surface area contributed by atoms with Gasteiger partial charge < -0.3 is 14.6 Å². The van der Waals surface area contributed by atoms with Crippen molar-refractivity contribution in [2.75, 3.05) is 11.1 Å². The number of rotatable bonds is 9. The fourth-order valence-electron chi connectivity index (χ4n) is 2.81. The van der Waals surface area contributed by atoms with E-state index in [9.17, 15) is 14.9 Å². The Balaban J connectivity index is 1.62. The van der Waals surface area contributed by atoms with Crippen molar-refractivity contribution >= 4 is 52.2 Å². The van der Waals surface area contributed by atoms with Crippen molar-refractivity contribution < 1.29 is 14.5 Å². The average Bonchev–Trinajstić information content (AvgIpc) is 3.14. The highest BCUT2D eigenvalue weighted by atomic mass is 35.5. The normalized spacial score (nSPS) is 10.8. The summed E-state index contributed by atoms with van der Waals surface area (Å²) in [5.74, 6) is 0.959.